The number of nitro benzene ring substituents is 1. The molecule has 0 atom stereocenters. The van der Waals surface area contributed by atoms with Crippen molar-refractivity contribution in [2.75, 3.05) is 9.62 Å². The van der Waals surface area contributed by atoms with Gasteiger partial charge in [-0.3, -0.25) is 24.4 Å². The standard InChI is InChI=1S/C24H14N4O7S/c29-23-20-12-16(25-31)10-14-11-18(28(32)33)13-21(22(14)20)24(30)27(23)17-6-8-19(9-7-17)36(34,35)26-15-4-2-1-3-5-15/h1-13,26H. The molecule has 0 fully saturated rings. The van der Waals surface area contributed by atoms with Crippen LogP contribution < -0.4 is 9.62 Å². The number of sulfonamides is 1. The highest BCUT2D eigenvalue weighted by Crippen LogP contribution is 2.38. The molecule has 1 aliphatic rings. The molecule has 0 aromatic heterocycles. The number of hydrogen-bond donors (Lipinski definition) is 1. The summed E-state index contributed by atoms with van der Waals surface area (Å²) in [6.07, 6.45) is 0. The Balaban J connectivity index is 1.57. The highest BCUT2D eigenvalue weighted by molar-refractivity contribution is 7.92. The number of nitrogens with zero attached hydrogens (tertiary/aromatic N) is 3. The van der Waals surface area contributed by atoms with Gasteiger partial charge in [0.15, 0.2) is 0 Å². The number of anilines is 2. The number of para-hydroxylation sites is 1. The fourth-order valence-corrected chi connectivity index (χ4v) is 5.10. The Bertz CT molecular complexity index is 1700. The maximum Gasteiger partial charge on any atom is 0.270 e. The third kappa shape index (κ3) is 3.75. The number of rotatable bonds is 6. The van der Waals surface area contributed by atoms with Crippen LogP contribution in [0.2, 0.25) is 0 Å². The summed E-state index contributed by atoms with van der Waals surface area (Å²) in [6, 6.07) is 17.9. The first kappa shape index (κ1) is 22.8. The van der Waals surface area contributed by atoms with E-state index in [4.69, 9.17) is 0 Å². The summed E-state index contributed by atoms with van der Waals surface area (Å²) < 4.78 is 27.9. The second kappa shape index (κ2) is 8.36. The van der Waals surface area contributed by atoms with Crippen molar-refractivity contribution >= 4 is 55.4 Å². The first-order valence-electron chi connectivity index (χ1n) is 10.4. The highest BCUT2D eigenvalue weighted by atomic mass is 32.2. The first-order chi connectivity index (χ1) is 17.2. The molecule has 4 aromatic rings. The molecular formula is C24H14N4O7S. The molecule has 0 radical (unpaired) electrons. The van der Waals surface area contributed by atoms with Gasteiger partial charge in [-0.25, -0.2) is 13.3 Å². The maximum absolute atomic E-state index is 13.3. The van der Waals surface area contributed by atoms with Crippen molar-refractivity contribution < 1.29 is 22.9 Å². The minimum absolute atomic E-state index is 0.0333. The van der Waals surface area contributed by atoms with Crippen molar-refractivity contribution in [1.29, 1.82) is 0 Å². The predicted octanol–water partition coefficient (Wildman–Crippen LogP) is 4.75. The molecule has 0 bridgehead atoms. The van der Waals surface area contributed by atoms with Gasteiger partial charge in [0.2, 0.25) is 0 Å². The van der Waals surface area contributed by atoms with Crippen LogP contribution in [0.4, 0.5) is 22.7 Å². The fourth-order valence-electron chi connectivity index (χ4n) is 4.04. The van der Waals surface area contributed by atoms with E-state index in [0.29, 0.717) is 5.69 Å². The molecule has 1 aliphatic heterocycles. The van der Waals surface area contributed by atoms with Crippen LogP contribution in [0.15, 0.2) is 88.9 Å². The number of carbonyl (C=O) groups excluding carboxylic acids is 2. The number of non-ortho nitro benzene ring substituents is 1. The number of benzene rings is 4. The molecule has 1 heterocycles. The summed E-state index contributed by atoms with van der Waals surface area (Å²) in [4.78, 5) is 49.2. The Labute approximate surface area is 203 Å². The Morgan fingerprint density at radius 1 is 0.861 bits per heavy atom. The van der Waals surface area contributed by atoms with Gasteiger partial charge in [0.1, 0.15) is 5.69 Å². The van der Waals surface area contributed by atoms with E-state index in [1.165, 1.54) is 36.4 Å². The summed E-state index contributed by atoms with van der Waals surface area (Å²) in [7, 11) is -3.95. The van der Waals surface area contributed by atoms with E-state index in [0.717, 1.165) is 17.0 Å². The molecule has 5 rings (SSSR count). The van der Waals surface area contributed by atoms with Crippen molar-refractivity contribution in [3.8, 4) is 0 Å². The second-order valence-electron chi connectivity index (χ2n) is 7.84. The molecule has 1 N–H and O–H groups in total. The lowest BCUT2D eigenvalue weighted by molar-refractivity contribution is -0.384. The molecule has 4 aromatic carbocycles. The average Bonchev–Trinajstić information content (AvgIpc) is 2.87. The average molecular weight is 502 g/mol. The summed E-state index contributed by atoms with van der Waals surface area (Å²) in [5, 5.41) is 14.6. The zero-order valence-corrected chi connectivity index (χ0v) is 18.9. The third-order valence-electron chi connectivity index (χ3n) is 5.63. The van der Waals surface area contributed by atoms with Crippen molar-refractivity contribution in [3.63, 3.8) is 0 Å². The van der Waals surface area contributed by atoms with Gasteiger partial charge in [0, 0.05) is 23.2 Å². The van der Waals surface area contributed by atoms with Crippen LogP contribution in [0, 0.1) is 15.0 Å². The van der Waals surface area contributed by atoms with Crippen molar-refractivity contribution in [3.05, 3.63) is 105 Å². The van der Waals surface area contributed by atoms with E-state index in [-0.39, 0.29) is 38.2 Å². The van der Waals surface area contributed by atoms with Crippen LogP contribution in [0.25, 0.3) is 10.8 Å². The van der Waals surface area contributed by atoms with Crippen molar-refractivity contribution in [2.24, 2.45) is 5.18 Å². The number of nitrogens with one attached hydrogen (secondary N) is 1. The van der Waals surface area contributed by atoms with E-state index >= 15 is 0 Å². The monoisotopic (exact) mass is 502 g/mol. The molecule has 36 heavy (non-hydrogen) atoms. The van der Waals surface area contributed by atoms with E-state index < -0.39 is 32.4 Å². The summed E-state index contributed by atoms with van der Waals surface area (Å²) in [5.41, 5.74) is -0.280. The Morgan fingerprint density at radius 3 is 2.11 bits per heavy atom. The van der Waals surface area contributed by atoms with Crippen LogP contribution in [-0.4, -0.2) is 25.2 Å². The summed E-state index contributed by atoms with van der Waals surface area (Å²) in [5.74, 6) is -1.61. The first-order valence-corrected chi connectivity index (χ1v) is 11.8. The predicted molar refractivity (Wildman–Crippen MR) is 131 cm³/mol. The van der Waals surface area contributed by atoms with Gasteiger partial charge < -0.3 is 0 Å². The van der Waals surface area contributed by atoms with Gasteiger partial charge in [-0.1, -0.05) is 18.2 Å². The lowest BCUT2D eigenvalue weighted by Crippen LogP contribution is -2.40. The molecule has 12 heteroatoms. The van der Waals surface area contributed by atoms with Crippen LogP contribution in [-0.2, 0) is 10.0 Å². The number of nitroso groups, excluding NO2 is 1. The van der Waals surface area contributed by atoms with E-state index in [2.05, 4.69) is 9.90 Å². The van der Waals surface area contributed by atoms with Gasteiger partial charge in [-0.2, -0.15) is 0 Å². The van der Waals surface area contributed by atoms with Crippen LogP contribution >= 0.6 is 0 Å². The molecule has 11 nitrogen and oxygen atoms in total. The Kier molecular flexibility index (Phi) is 5.29. The lowest BCUT2D eigenvalue weighted by atomic mass is 9.92. The molecule has 0 unspecified atom stereocenters. The number of imide groups is 1. The van der Waals surface area contributed by atoms with Crippen molar-refractivity contribution in [2.45, 2.75) is 4.90 Å². The van der Waals surface area contributed by atoms with Gasteiger partial charge in [0.05, 0.1) is 26.6 Å². The highest BCUT2D eigenvalue weighted by Gasteiger charge is 2.36. The zero-order chi connectivity index (χ0) is 25.6. The van der Waals surface area contributed by atoms with Gasteiger partial charge in [-0.15, -0.1) is 4.91 Å². The molecule has 2 amide bonds. The number of nitro groups is 1. The summed E-state index contributed by atoms with van der Waals surface area (Å²) in [6.45, 7) is 0. The molecule has 0 spiro atoms. The third-order valence-corrected chi connectivity index (χ3v) is 7.03. The smallest absolute Gasteiger partial charge is 0.270 e. The van der Waals surface area contributed by atoms with Crippen LogP contribution in [0.5, 0.6) is 0 Å². The van der Waals surface area contributed by atoms with Gasteiger partial charge in [0.25, 0.3) is 27.5 Å². The normalized spacial score (nSPS) is 13.1. The quantitative estimate of drug-likeness (QED) is 0.173. The van der Waals surface area contributed by atoms with E-state index in [1.807, 2.05) is 0 Å². The number of carbonyl (C=O) groups is 2. The topological polar surface area (TPSA) is 156 Å². The van der Waals surface area contributed by atoms with Gasteiger partial charge in [-0.05, 0) is 59.1 Å². The molecule has 178 valence electrons. The number of hydrogen-bond acceptors (Lipinski definition) is 8. The minimum atomic E-state index is -3.95. The second-order valence-corrected chi connectivity index (χ2v) is 9.53. The number of amides is 2. The van der Waals surface area contributed by atoms with E-state index in [1.54, 1.807) is 30.3 Å². The Hall–Kier alpha value is -4.97. The molecule has 0 saturated heterocycles. The fraction of sp³-hybridized carbons (Fsp3) is 0. The van der Waals surface area contributed by atoms with Crippen LogP contribution in [0.3, 0.4) is 0 Å². The Morgan fingerprint density at radius 2 is 1.50 bits per heavy atom. The van der Waals surface area contributed by atoms with Gasteiger partial charge >= 0.3 is 0 Å². The minimum Gasteiger partial charge on any atom is -0.280 e. The largest absolute Gasteiger partial charge is 0.280 e. The van der Waals surface area contributed by atoms with E-state index in [9.17, 15) is 33.0 Å². The zero-order valence-electron chi connectivity index (χ0n) is 18.1. The van der Waals surface area contributed by atoms with Crippen molar-refractivity contribution in [1.82, 2.24) is 0 Å². The lowest BCUT2D eigenvalue weighted by Gasteiger charge is -2.27. The molecule has 0 saturated carbocycles. The van der Waals surface area contributed by atoms with Crippen LogP contribution in [0.1, 0.15) is 20.7 Å². The molecule has 0 aliphatic carbocycles. The summed E-state index contributed by atoms with van der Waals surface area (Å²) >= 11 is 0. The SMILES string of the molecule is O=Nc1cc2c3c(cc([N+](=O)[O-])cc3c1)C(=O)N(c1ccc(S(=O)(=O)Nc3ccccc3)cc1)C2=O. The maximum atomic E-state index is 13.3. The molecular weight excluding hydrogens is 488 g/mol.